The smallest absolute Gasteiger partial charge is 0.145 e. The zero-order valence-electron chi connectivity index (χ0n) is 11.2. The van der Waals surface area contributed by atoms with Gasteiger partial charge in [-0.05, 0) is 31.2 Å². The lowest BCUT2D eigenvalue weighted by Crippen LogP contribution is -2.08. The van der Waals surface area contributed by atoms with Crippen molar-refractivity contribution in [2.45, 2.75) is 13.0 Å². The third kappa shape index (κ3) is 2.68. The normalized spacial score (nSPS) is 12.5. The Hall–Kier alpha value is -2.26. The molecular formula is C17H16O3. The minimum atomic E-state index is -0.774. The first kappa shape index (κ1) is 12.8. The number of aliphatic hydroxyl groups excluding tert-OH is 1. The van der Waals surface area contributed by atoms with Crippen LogP contribution in [-0.2, 0) is 0 Å². The summed E-state index contributed by atoms with van der Waals surface area (Å²) in [5, 5.41) is 11.1. The first-order chi connectivity index (χ1) is 9.72. The van der Waals surface area contributed by atoms with Gasteiger partial charge in [0.15, 0.2) is 0 Å². The minimum absolute atomic E-state index is 0.170. The van der Waals surface area contributed by atoms with Crippen LogP contribution in [0.2, 0.25) is 0 Å². The van der Waals surface area contributed by atoms with Crippen molar-refractivity contribution in [2.24, 2.45) is 0 Å². The highest BCUT2D eigenvalue weighted by molar-refractivity contribution is 5.77. The van der Waals surface area contributed by atoms with Gasteiger partial charge in [-0.3, -0.25) is 0 Å². The molecule has 3 nitrogen and oxygen atoms in total. The van der Waals surface area contributed by atoms with Crippen molar-refractivity contribution in [3.05, 3.63) is 65.9 Å². The lowest BCUT2D eigenvalue weighted by atomic mass is 10.2. The molecule has 0 aliphatic carbocycles. The second-order valence-electron chi connectivity index (χ2n) is 4.83. The minimum Gasteiger partial charge on any atom is -0.490 e. The molecule has 1 N–H and O–H groups in total. The Bertz CT molecular complexity index is 665. The van der Waals surface area contributed by atoms with Gasteiger partial charge in [-0.1, -0.05) is 35.9 Å². The third-order valence-corrected chi connectivity index (χ3v) is 3.20. The number of hydrogen-bond donors (Lipinski definition) is 1. The van der Waals surface area contributed by atoms with Crippen LogP contribution in [0.5, 0.6) is 5.75 Å². The number of furan rings is 1. The highest BCUT2D eigenvalue weighted by Crippen LogP contribution is 2.24. The topological polar surface area (TPSA) is 42.6 Å². The van der Waals surface area contributed by atoms with Gasteiger partial charge in [0.05, 0.1) is 0 Å². The first-order valence-corrected chi connectivity index (χ1v) is 6.58. The van der Waals surface area contributed by atoms with Crippen molar-refractivity contribution in [1.82, 2.24) is 0 Å². The fourth-order valence-corrected chi connectivity index (χ4v) is 2.06. The molecule has 1 aromatic heterocycles. The Labute approximate surface area is 117 Å². The van der Waals surface area contributed by atoms with Crippen LogP contribution in [0.25, 0.3) is 11.0 Å². The Morgan fingerprint density at radius 1 is 1.10 bits per heavy atom. The van der Waals surface area contributed by atoms with E-state index in [-0.39, 0.29) is 6.61 Å². The maximum atomic E-state index is 10.1. The van der Waals surface area contributed by atoms with Gasteiger partial charge >= 0.3 is 0 Å². The zero-order chi connectivity index (χ0) is 13.9. The van der Waals surface area contributed by atoms with Gasteiger partial charge in [-0.15, -0.1) is 0 Å². The molecule has 3 aromatic rings. The van der Waals surface area contributed by atoms with Gasteiger partial charge in [-0.2, -0.15) is 0 Å². The van der Waals surface area contributed by atoms with E-state index in [1.54, 1.807) is 0 Å². The Kier molecular flexibility index (Phi) is 3.44. The van der Waals surface area contributed by atoms with Crippen molar-refractivity contribution in [3.8, 4) is 5.75 Å². The fourth-order valence-electron chi connectivity index (χ4n) is 2.06. The number of para-hydroxylation sites is 1. The number of rotatable bonds is 4. The first-order valence-electron chi connectivity index (χ1n) is 6.58. The molecule has 0 aliphatic rings. The van der Waals surface area contributed by atoms with E-state index in [1.165, 1.54) is 5.56 Å². The van der Waals surface area contributed by atoms with E-state index < -0.39 is 6.10 Å². The maximum absolute atomic E-state index is 10.1. The van der Waals surface area contributed by atoms with E-state index in [1.807, 2.05) is 61.5 Å². The van der Waals surface area contributed by atoms with E-state index in [4.69, 9.17) is 9.15 Å². The quantitative estimate of drug-likeness (QED) is 0.781. The predicted octanol–water partition coefficient (Wildman–Crippen LogP) is 3.85. The molecule has 1 heterocycles. The molecule has 0 radical (unpaired) electrons. The van der Waals surface area contributed by atoms with Crippen LogP contribution in [0.1, 0.15) is 17.4 Å². The molecule has 0 saturated carbocycles. The number of hydrogen-bond acceptors (Lipinski definition) is 3. The monoisotopic (exact) mass is 268 g/mol. The molecule has 0 aliphatic heterocycles. The molecule has 0 saturated heterocycles. The Balaban J connectivity index is 1.69. The van der Waals surface area contributed by atoms with Crippen molar-refractivity contribution in [2.75, 3.05) is 6.61 Å². The van der Waals surface area contributed by atoms with Gasteiger partial charge in [0.2, 0.25) is 0 Å². The van der Waals surface area contributed by atoms with Gasteiger partial charge in [0.25, 0.3) is 0 Å². The summed E-state index contributed by atoms with van der Waals surface area (Å²) in [4.78, 5) is 0. The second-order valence-corrected chi connectivity index (χ2v) is 4.83. The predicted molar refractivity (Wildman–Crippen MR) is 77.8 cm³/mol. The number of aliphatic hydroxyl groups is 1. The van der Waals surface area contributed by atoms with Crippen LogP contribution in [-0.4, -0.2) is 11.7 Å². The van der Waals surface area contributed by atoms with E-state index >= 15 is 0 Å². The van der Waals surface area contributed by atoms with Gasteiger partial charge in [-0.25, -0.2) is 0 Å². The van der Waals surface area contributed by atoms with Crippen molar-refractivity contribution in [3.63, 3.8) is 0 Å². The lowest BCUT2D eigenvalue weighted by Gasteiger charge is -2.10. The average molecular weight is 268 g/mol. The molecule has 102 valence electrons. The van der Waals surface area contributed by atoms with Crippen molar-refractivity contribution < 1.29 is 14.3 Å². The summed E-state index contributed by atoms with van der Waals surface area (Å²) in [5.74, 6) is 1.27. The van der Waals surface area contributed by atoms with E-state index in [2.05, 4.69) is 0 Å². The van der Waals surface area contributed by atoms with Gasteiger partial charge in [0.1, 0.15) is 29.8 Å². The van der Waals surface area contributed by atoms with Crippen LogP contribution in [0.15, 0.2) is 59.0 Å². The molecule has 0 amide bonds. The van der Waals surface area contributed by atoms with Gasteiger partial charge < -0.3 is 14.3 Å². The summed E-state index contributed by atoms with van der Waals surface area (Å²) < 4.78 is 11.2. The number of aryl methyl sites for hydroxylation is 1. The van der Waals surface area contributed by atoms with Crippen LogP contribution in [0.4, 0.5) is 0 Å². The average Bonchev–Trinajstić information content (AvgIpc) is 2.90. The van der Waals surface area contributed by atoms with E-state index in [9.17, 15) is 5.11 Å². The van der Waals surface area contributed by atoms with Crippen LogP contribution >= 0.6 is 0 Å². The molecule has 2 aromatic carbocycles. The molecule has 0 fully saturated rings. The zero-order valence-corrected chi connectivity index (χ0v) is 11.2. The highest BCUT2D eigenvalue weighted by atomic mass is 16.5. The summed E-state index contributed by atoms with van der Waals surface area (Å²) in [6.45, 7) is 2.19. The number of benzene rings is 2. The van der Waals surface area contributed by atoms with Gasteiger partial charge in [0, 0.05) is 5.39 Å². The largest absolute Gasteiger partial charge is 0.490 e. The molecule has 0 bridgehead atoms. The standard InChI is InChI=1S/C17H16O3/c1-12-6-8-14(9-7-12)19-11-15(18)17-10-13-4-2-3-5-16(13)20-17/h2-10,15,18H,11H2,1H3. The molecular weight excluding hydrogens is 252 g/mol. The lowest BCUT2D eigenvalue weighted by molar-refractivity contribution is 0.0903. The van der Waals surface area contributed by atoms with E-state index in [0.29, 0.717) is 5.76 Å². The molecule has 3 heteroatoms. The molecule has 3 rings (SSSR count). The van der Waals surface area contributed by atoms with Crippen molar-refractivity contribution in [1.29, 1.82) is 0 Å². The Morgan fingerprint density at radius 2 is 1.85 bits per heavy atom. The van der Waals surface area contributed by atoms with Crippen molar-refractivity contribution >= 4 is 11.0 Å². The second kappa shape index (κ2) is 5.39. The highest BCUT2D eigenvalue weighted by Gasteiger charge is 2.14. The fraction of sp³-hybridized carbons (Fsp3) is 0.176. The summed E-state index contributed by atoms with van der Waals surface area (Å²) in [5.41, 5.74) is 1.95. The summed E-state index contributed by atoms with van der Waals surface area (Å²) >= 11 is 0. The molecule has 20 heavy (non-hydrogen) atoms. The van der Waals surface area contributed by atoms with Crippen LogP contribution in [0, 0.1) is 6.92 Å². The number of fused-ring (bicyclic) bond motifs is 1. The van der Waals surface area contributed by atoms with Crippen LogP contribution in [0.3, 0.4) is 0 Å². The summed E-state index contributed by atoms with van der Waals surface area (Å²) in [6, 6.07) is 17.3. The Morgan fingerprint density at radius 3 is 2.60 bits per heavy atom. The third-order valence-electron chi connectivity index (χ3n) is 3.20. The summed E-state index contributed by atoms with van der Waals surface area (Å²) in [6.07, 6.45) is -0.774. The van der Waals surface area contributed by atoms with E-state index in [0.717, 1.165) is 16.7 Å². The molecule has 1 atom stereocenters. The SMILES string of the molecule is Cc1ccc(OCC(O)c2cc3ccccc3o2)cc1. The maximum Gasteiger partial charge on any atom is 0.145 e. The molecule has 0 spiro atoms. The summed E-state index contributed by atoms with van der Waals surface area (Å²) in [7, 11) is 0. The molecule has 1 unspecified atom stereocenters. The number of ether oxygens (including phenoxy) is 1. The van der Waals surface area contributed by atoms with Crippen LogP contribution < -0.4 is 4.74 Å².